The summed E-state index contributed by atoms with van der Waals surface area (Å²) in [5, 5.41) is 10.7. The van der Waals surface area contributed by atoms with Crippen molar-refractivity contribution in [3.8, 4) is 0 Å². The highest BCUT2D eigenvalue weighted by molar-refractivity contribution is 7.80. The monoisotopic (exact) mass is 430 g/mol. The molecule has 1 aliphatic rings. The van der Waals surface area contributed by atoms with Gasteiger partial charge in [-0.05, 0) is 67.4 Å². The minimum absolute atomic E-state index is 0.158. The molecular weight excluding hydrogens is 400 g/mol. The van der Waals surface area contributed by atoms with Gasteiger partial charge in [0.1, 0.15) is 5.82 Å². The molecule has 1 saturated carbocycles. The summed E-state index contributed by atoms with van der Waals surface area (Å²) in [6, 6.07) is 23.1. The summed E-state index contributed by atoms with van der Waals surface area (Å²) in [5.74, 6) is 0.806. The zero-order chi connectivity index (χ0) is 21.5. The van der Waals surface area contributed by atoms with Crippen molar-refractivity contribution in [3.63, 3.8) is 0 Å². The lowest BCUT2D eigenvalue weighted by atomic mass is 9.69. The Morgan fingerprint density at radius 2 is 1.74 bits per heavy atom. The highest BCUT2D eigenvalue weighted by Crippen LogP contribution is 2.38. The number of pyridine rings is 1. The van der Waals surface area contributed by atoms with E-state index in [1.165, 1.54) is 43.2 Å². The smallest absolute Gasteiger partial charge is 0.170 e. The fourth-order valence-electron chi connectivity index (χ4n) is 4.42. The van der Waals surface area contributed by atoms with Gasteiger partial charge in [0.05, 0.1) is 11.9 Å². The second kappa shape index (κ2) is 9.92. The molecule has 1 aromatic heterocycles. The van der Waals surface area contributed by atoms with Gasteiger partial charge in [0.25, 0.3) is 0 Å². The molecule has 4 nitrogen and oxygen atoms in total. The summed E-state index contributed by atoms with van der Waals surface area (Å²) in [7, 11) is 0. The number of aromatic nitrogens is 1. The SMILES string of the molecule is Cc1cccc(Nc2ccc(NC(=S)NCC3(c4ccccc4)CCCCC3)cn2)c1. The lowest BCUT2D eigenvalue weighted by Gasteiger charge is -2.38. The number of benzene rings is 2. The molecule has 0 aliphatic heterocycles. The molecule has 0 saturated heterocycles. The van der Waals surface area contributed by atoms with Gasteiger partial charge >= 0.3 is 0 Å². The van der Waals surface area contributed by atoms with Gasteiger partial charge in [0, 0.05) is 17.6 Å². The van der Waals surface area contributed by atoms with Crippen molar-refractivity contribution >= 4 is 34.5 Å². The van der Waals surface area contributed by atoms with Crippen molar-refractivity contribution < 1.29 is 0 Å². The van der Waals surface area contributed by atoms with Crippen LogP contribution in [-0.2, 0) is 5.41 Å². The molecule has 3 aromatic rings. The van der Waals surface area contributed by atoms with Crippen molar-refractivity contribution in [1.29, 1.82) is 0 Å². The predicted molar refractivity (Wildman–Crippen MR) is 134 cm³/mol. The number of aryl methyl sites for hydroxylation is 1. The van der Waals surface area contributed by atoms with Crippen LogP contribution in [-0.4, -0.2) is 16.6 Å². The Morgan fingerprint density at radius 3 is 2.45 bits per heavy atom. The highest BCUT2D eigenvalue weighted by Gasteiger charge is 2.33. The Balaban J connectivity index is 1.35. The lowest BCUT2D eigenvalue weighted by Crippen LogP contribution is -2.43. The van der Waals surface area contributed by atoms with Crippen LogP contribution in [0.15, 0.2) is 72.9 Å². The number of nitrogens with zero attached hydrogens (tertiary/aromatic N) is 1. The largest absolute Gasteiger partial charge is 0.362 e. The number of rotatable bonds is 6. The second-order valence-electron chi connectivity index (χ2n) is 8.44. The van der Waals surface area contributed by atoms with Gasteiger partial charge in [-0.1, -0.05) is 61.7 Å². The van der Waals surface area contributed by atoms with E-state index in [2.05, 4.69) is 70.3 Å². The summed E-state index contributed by atoms with van der Waals surface area (Å²) in [5.41, 5.74) is 4.70. The second-order valence-corrected chi connectivity index (χ2v) is 8.85. The van der Waals surface area contributed by atoms with E-state index in [9.17, 15) is 0 Å². The average molecular weight is 431 g/mol. The molecule has 31 heavy (non-hydrogen) atoms. The Bertz CT molecular complexity index is 995. The van der Waals surface area contributed by atoms with E-state index in [0.717, 1.165) is 23.7 Å². The van der Waals surface area contributed by atoms with Crippen molar-refractivity contribution in [2.24, 2.45) is 0 Å². The molecule has 2 aromatic carbocycles. The zero-order valence-corrected chi connectivity index (χ0v) is 18.8. The van der Waals surface area contributed by atoms with Gasteiger partial charge in [0.15, 0.2) is 5.11 Å². The van der Waals surface area contributed by atoms with Crippen LogP contribution in [0.25, 0.3) is 0 Å². The molecule has 0 amide bonds. The third kappa shape index (κ3) is 5.61. The van der Waals surface area contributed by atoms with Crippen LogP contribution in [0.4, 0.5) is 17.2 Å². The normalized spacial score (nSPS) is 15.1. The van der Waals surface area contributed by atoms with Gasteiger partial charge in [-0.25, -0.2) is 4.98 Å². The summed E-state index contributed by atoms with van der Waals surface area (Å²) in [6.07, 6.45) is 8.08. The molecule has 1 aliphatic carbocycles. The first-order valence-electron chi connectivity index (χ1n) is 11.0. The predicted octanol–water partition coefficient (Wildman–Crippen LogP) is 6.32. The molecular formula is C26H30N4S. The molecule has 3 N–H and O–H groups in total. The maximum absolute atomic E-state index is 5.59. The Kier molecular flexibility index (Phi) is 6.82. The van der Waals surface area contributed by atoms with Crippen molar-refractivity contribution in [2.45, 2.75) is 44.4 Å². The Hall–Kier alpha value is -2.92. The molecule has 160 valence electrons. The van der Waals surface area contributed by atoms with E-state index in [1.807, 2.05) is 24.3 Å². The quantitative estimate of drug-likeness (QED) is 0.399. The zero-order valence-electron chi connectivity index (χ0n) is 18.0. The Labute approximate surface area is 190 Å². The maximum Gasteiger partial charge on any atom is 0.170 e. The molecule has 1 fully saturated rings. The number of anilines is 3. The highest BCUT2D eigenvalue weighted by atomic mass is 32.1. The third-order valence-corrected chi connectivity index (χ3v) is 6.34. The van der Waals surface area contributed by atoms with E-state index >= 15 is 0 Å². The van der Waals surface area contributed by atoms with E-state index in [4.69, 9.17) is 12.2 Å². The van der Waals surface area contributed by atoms with Crippen molar-refractivity contribution in [1.82, 2.24) is 10.3 Å². The number of hydrogen-bond donors (Lipinski definition) is 3. The molecule has 0 unspecified atom stereocenters. The van der Waals surface area contributed by atoms with Crippen molar-refractivity contribution in [3.05, 3.63) is 84.1 Å². The average Bonchev–Trinajstić information content (AvgIpc) is 2.80. The topological polar surface area (TPSA) is 49.0 Å². The lowest BCUT2D eigenvalue weighted by molar-refractivity contribution is 0.292. The minimum atomic E-state index is 0.158. The van der Waals surface area contributed by atoms with Crippen LogP contribution in [0, 0.1) is 6.92 Å². The van der Waals surface area contributed by atoms with Gasteiger partial charge < -0.3 is 16.0 Å². The van der Waals surface area contributed by atoms with Gasteiger partial charge in [0.2, 0.25) is 0 Å². The van der Waals surface area contributed by atoms with Crippen LogP contribution in [0.1, 0.15) is 43.2 Å². The van der Waals surface area contributed by atoms with Crippen LogP contribution in [0.3, 0.4) is 0 Å². The van der Waals surface area contributed by atoms with Crippen LogP contribution >= 0.6 is 12.2 Å². The summed E-state index contributed by atoms with van der Waals surface area (Å²) in [4.78, 5) is 4.51. The maximum atomic E-state index is 5.59. The molecule has 4 rings (SSSR count). The van der Waals surface area contributed by atoms with Crippen LogP contribution in [0.5, 0.6) is 0 Å². The molecule has 1 heterocycles. The van der Waals surface area contributed by atoms with Gasteiger partial charge in [-0.15, -0.1) is 0 Å². The molecule has 0 spiro atoms. The fourth-order valence-corrected chi connectivity index (χ4v) is 4.62. The fraction of sp³-hybridized carbons (Fsp3) is 0.308. The molecule has 0 radical (unpaired) electrons. The molecule has 0 atom stereocenters. The summed E-state index contributed by atoms with van der Waals surface area (Å²) in [6.45, 7) is 2.93. The molecule has 0 bridgehead atoms. The van der Waals surface area contributed by atoms with Gasteiger partial charge in [-0.3, -0.25) is 0 Å². The van der Waals surface area contributed by atoms with Gasteiger partial charge in [-0.2, -0.15) is 0 Å². The number of nitrogens with one attached hydrogen (secondary N) is 3. The summed E-state index contributed by atoms with van der Waals surface area (Å²) < 4.78 is 0. The third-order valence-electron chi connectivity index (χ3n) is 6.10. The first kappa shape index (κ1) is 21.3. The van der Waals surface area contributed by atoms with Crippen LogP contribution in [0.2, 0.25) is 0 Å². The summed E-state index contributed by atoms with van der Waals surface area (Å²) >= 11 is 5.59. The van der Waals surface area contributed by atoms with E-state index in [-0.39, 0.29) is 5.41 Å². The minimum Gasteiger partial charge on any atom is -0.362 e. The standard InChI is InChI=1S/C26H30N4S/c1-20-9-8-12-22(17-20)29-24-14-13-23(18-27-24)30-25(31)28-19-26(15-6-3-7-16-26)21-10-4-2-5-11-21/h2,4-5,8-14,17-18H,3,6-7,15-16,19H2,1H3,(H,27,29)(H2,28,30,31). The molecule has 5 heteroatoms. The number of thiocarbonyl (C=S) groups is 1. The van der Waals surface area contributed by atoms with E-state index in [1.54, 1.807) is 6.20 Å². The van der Waals surface area contributed by atoms with Crippen LogP contribution < -0.4 is 16.0 Å². The van der Waals surface area contributed by atoms with E-state index in [0.29, 0.717) is 5.11 Å². The van der Waals surface area contributed by atoms with Crippen molar-refractivity contribution in [2.75, 3.05) is 17.2 Å². The number of hydrogen-bond acceptors (Lipinski definition) is 3. The Morgan fingerprint density at radius 1 is 0.935 bits per heavy atom. The van der Waals surface area contributed by atoms with E-state index < -0.39 is 0 Å². The first-order chi connectivity index (χ1) is 15.1. The first-order valence-corrected chi connectivity index (χ1v) is 11.4.